The molecule has 0 atom stereocenters. The second-order valence-electron chi connectivity index (χ2n) is 10.8. The van der Waals surface area contributed by atoms with Crippen molar-refractivity contribution in [2.24, 2.45) is 0 Å². The number of nitrogens with one attached hydrogen (secondary N) is 1. The van der Waals surface area contributed by atoms with Gasteiger partial charge in [0, 0.05) is 6.67 Å². The maximum absolute atomic E-state index is 3.43. The second kappa shape index (κ2) is 35.1. The Kier molecular flexibility index (Phi) is 37.2. The van der Waals surface area contributed by atoms with Gasteiger partial charge in [0.1, 0.15) is 0 Å². The normalized spacial score (nSPS) is 11.1. The van der Waals surface area contributed by atoms with Crippen molar-refractivity contribution in [2.45, 2.75) is 182 Å². The van der Waals surface area contributed by atoms with Crippen molar-refractivity contribution < 1.29 is 0 Å². The molecule has 2 heteroatoms. The molecule has 0 saturated heterocycles. The third-order valence-corrected chi connectivity index (χ3v) is 6.90. The summed E-state index contributed by atoms with van der Waals surface area (Å²) >= 11 is 0. The average molecular weight is 483 g/mol. The molecule has 0 aliphatic heterocycles. The van der Waals surface area contributed by atoms with Gasteiger partial charge in [0.05, 0.1) is 0 Å². The molecule has 0 radical (unpaired) electrons. The number of hydrogen-bond donors (Lipinski definition) is 1. The molecule has 0 bridgehead atoms. The standard InChI is InChI=1S/C22H46.C10H24N2/c1-3-5-7-9-11-13-15-17-19-21-22-20-18-16-14-12-10-8-6-4-2;1-4-6-7-8-11-10-12(3)9-5-2/h3-22H2,1-2H3;11H,4-10H2,1-3H3. The molecule has 0 aliphatic carbocycles. The minimum absolute atomic E-state index is 1.04. The van der Waals surface area contributed by atoms with Crippen LogP contribution in [-0.2, 0) is 0 Å². The molecule has 2 nitrogen and oxygen atoms in total. The van der Waals surface area contributed by atoms with Crippen molar-refractivity contribution in [3.63, 3.8) is 0 Å². The molecule has 0 fully saturated rings. The van der Waals surface area contributed by atoms with Crippen LogP contribution < -0.4 is 5.32 Å². The molecular formula is C32H70N2. The third-order valence-electron chi connectivity index (χ3n) is 6.90. The fourth-order valence-corrected chi connectivity index (χ4v) is 4.56. The highest BCUT2D eigenvalue weighted by Gasteiger charge is 1.95. The summed E-state index contributed by atoms with van der Waals surface area (Å²) < 4.78 is 0. The summed E-state index contributed by atoms with van der Waals surface area (Å²) in [4.78, 5) is 2.33. The Morgan fingerprint density at radius 3 is 0.971 bits per heavy atom. The Bertz CT molecular complexity index is 298. The van der Waals surface area contributed by atoms with Crippen LogP contribution in [0.15, 0.2) is 0 Å². The van der Waals surface area contributed by atoms with E-state index in [-0.39, 0.29) is 0 Å². The van der Waals surface area contributed by atoms with Gasteiger partial charge in [-0.25, -0.2) is 0 Å². The lowest BCUT2D eigenvalue weighted by atomic mass is 10.0. The average Bonchev–Trinajstić information content (AvgIpc) is 2.84. The van der Waals surface area contributed by atoms with Crippen molar-refractivity contribution in [1.82, 2.24) is 10.2 Å². The van der Waals surface area contributed by atoms with Crippen LogP contribution in [0.3, 0.4) is 0 Å². The van der Waals surface area contributed by atoms with Crippen LogP contribution in [0.4, 0.5) is 0 Å². The van der Waals surface area contributed by atoms with Gasteiger partial charge in [-0.05, 0) is 33.0 Å². The third kappa shape index (κ3) is 36.5. The van der Waals surface area contributed by atoms with Crippen LogP contribution in [0.1, 0.15) is 182 Å². The summed E-state index contributed by atoms with van der Waals surface area (Å²) in [6.07, 6.45) is 34.6. The lowest BCUT2D eigenvalue weighted by Crippen LogP contribution is -2.32. The first-order chi connectivity index (χ1) is 16.7. The Hall–Kier alpha value is -0.0800. The van der Waals surface area contributed by atoms with Gasteiger partial charge in [0.25, 0.3) is 0 Å². The van der Waals surface area contributed by atoms with Crippen LogP contribution in [-0.4, -0.2) is 31.7 Å². The van der Waals surface area contributed by atoms with E-state index >= 15 is 0 Å². The first-order valence-electron chi connectivity index (χ1n) is 16.1. The van der Waals surface area contributed by atoms with Gasteiger partial charge in [-0.15, -0.1) is 0 Å². The Labute approximate surface area is 218 Å². The van der Waals surface area contributed by atoms with E-state index in [1.807, 2.05) is 0 Å². The molecule has 0 saturated carbocycles. The smallest absolute Gasteiger partial charge is 0.0477 e. The van der Waals surface area contributed by atoms with Gasteiger partial charge >= 0.3 is 0 Å². The van der Waals surface area contributed by atoms with Gasteiger partial charge in [-0.3, -0.25) is 4.90 Å². The molecule has 0 unspecified atom stereocenters. The molecule has 0 heterocycles. The first-order valence-corrected chi connectivity index (χ1v) is 16.1. The van der Waals surface area contributed by atoms with Gasteiger partial charge in [-0.1, -0.05) is 169 Å². The topological polar surface area (TPSA) is 15.3 Å². The molecule has 0 amide bonds. The highest BCUT2D eigenvalue weighted by Crippen LogP contribution is 2.14. The molecule has 208 valence electrons. The molecule has 0 aromatic carbocycles. The highest BCUT2D eigenvalue weighted by molar-refractivity contribution is 4.51. The zero-order valence-corrected chi connectivity index (χ0v) is 25.0. The van der Waals surface area contributed by atoms with Crippen LogP contribution >= 0.6 is 0 Å². The number of unbranched alkanes of at least 4 members (excludes halogenated alkanes) is 21. The van der Waals surface area contributed by atoms with E-state index in [2.05, 4.69) is 45.0 Å². The largest absolute Gasteiger partial charge is 0.304 e. The van der Waals surface area contributed by atoms with Crippen molar-refractivity contribution in [3.8, 4) is 0 Å². The summed E-state index contributed by atoms with van der Waals surface area (Å²) in [6, 6.07) is 0. The van der Waals surface area contributed by atoms with Crippen molar-refractivity contribution in [2.75, 3.05) is 26.8 Å². The van der Waals surface area contributed by atoms with Gasteiger partial charge in [-0.2, -0.15) is 0 Å². The van der Waals surface area contributed by atoms with E-state index in [9.17, 15) is 0 Å². The minimum atomic E-state index is 1.04. The van der Waals surface area contributed by atoms with Crippen molar-refractivity contribution >= 4 is 0 Å². The molecule has 1 N–H and O–H groups in total. The Morgan fingerprint density at radius 2 is 0.676 bits per heavy atom. The van der Waals surface area contributed by atoms with Crippen LogP contribution in [0.2, 0.25) is 0 Å². The fraction of sp³-hybridized carbons (Fsp3) is 1.00. The Morgan fingerprint density at radius 1 is 0.382 bits per heavy atom. The SMILES string of the molecule is CCCCCCCCCCCCCCCCCCCCCC.CCCCCNCN(C)CCC. The minimum Gasteiger partial charge on any atom is -0.304 e. The Balaban J connectivity index is 0. The summed E-state index contributed by atoms with van der Waals surface area (Å²) in [5.41, 5.74) is 0. The molecule has 0 aliphatic rings. The monoisotopic (exact) mass is 483 g/mol. The van der Waals surface area contributed by atoms with Gasteiger partial charge in [0.2, 0.25) is 0 Å². The van der Waals surface area contributed by atoms with E-state index < -0.39 is 0 Å². The number of hydrogen-bond acceptors (Lipinski definition) is 2. The van der Waals surface area contributed by atoms with E-state index in [4.69, 9.17) is 0 Å². The van der Waals surface area contributed by atoms with Crippen LogP contribution in [0.5, 0.6) is 0 Å². The lowest BCUT2D eigenvalue weighted by molar-refractivity contribution is 0.306. The number of nitrogens with zero attached hydrogens (tertiary/aromatic N) is 1. The molecule has 0 spiro atoms. The van der Waals surface area contributed by atoms with E-state index in [0.717, 1.165) is 6.67 Å². The zero-order chi connectivity index (χ0) is 25.4. The predicted octanol–water partition coefficient (Wildman–Crippen LogP) is 10.9. The van der Waals surface area contributed by atoms with Crippen molar-refractivity contribution in [3.05, 3.63) is 0 Å². The van der Waals surface area contributed by atoms with E-state index in [0.29, 0.717) is 0 Å². The number of rotatable bonds is 27. The summed E-state index contributed by atoms with van der Waals surface area (Å²) in [5, 5.41) is 3.43. The van der Waals surface area contributed by atoms with Crippen molar-refractivity contribution in [1.29, 1.82) is 0 Å². The van der Waals surface area contributed by atoms with Gasteiger partial charge < -0.3 is 5.32 Å². The maximum Gasteiger partial charge on any atom is 0.0477 e. The molecule has 34 heavy (non-hydrogen) atoms. The fourth-order valence-electron chi connectivity index (χ4n) is 4.56. The van der Waals surface area contributed by atoms with E-state index in [1.165, 1.54) is 167 Å². The highest BCUT2D eigenvalue weighted by atomic mass is 15.2. The maximum atomic E-state index is 3.43. The van der Waals surface area contributed by atoms with E-state index in [1.54, 1.807) is 0 Å². The summed E-state index contributed by atoms with van der Waals surface area (Å²) in [6.45, 7) is 12.5. The second-order valence-corrected chi connectivity index (χ2v) is 10.8. The lowest BCUT2D eigenvalue weighted by Gasteiger charge is -2.15. The molecular weight excluding hydrogens is 412 g/mol. The molecule has 0 aromatic rings. The zero-order valence-electron chi connectivity index (χ0n) is 25.0. The molecule has 0 aromatic heterocycles. The summed E-state index contributed by atoms with van der Waals surface area (Å²) in [5.74, 6) is 0. The quantitative estimate of drug-likeness (QED) is 0.0924. The van der Waals surface area contributed by atoms with Crippen LogP contribution in [0.25, 0.3) is 0 Å². The molecule has 0 rings (SSSR count). The van der Waals surface area contributed by atoms with Crippen LogP contribution in [0, 0.1) is 0 Å². The first kappa shape index (κ1) is 36.1. The van der Waals surface area contributed by atoms with Gasteiger partial charge in [0.15, 0.2) is 0 Å². The summed E-state index contributed by atoms with van der Waals surface area (Å²) in [7, 11) is 2.16. The predicted molar refractivity (Wildman–Crippen MR) is 159 cm³/mol.